The van der Waals surface area contributed by atoms with Crippen LogP contribution >= 0.6 is 0 Å². The van der Waals surface area contributed by atoms with Crippen LogP contribution in [0.1, 0.15) is 36.7 Å². The summed E-state index contributed by atoms with van der Waals surface area (Å²) in [5.41, 5.74) is 5.37. The maximum atomic E-state index is 11.0. The van der Waals surface area contributed by atoms with Crippen molar-refractivity contribution in [2.45, 2.75) is 32.2 Å². The molecule has 1 atom stereocenters. The van der Waals surface area contributed by atoms with Gasteiger partial charge in [-0.2, -0.15) is 0 Å². The number of hydrogen-bond acceptors (Lipinski definition) is 5. The van der Waals surface area contributed by atoms with Crippen molar-refractivity contribution in [2.24, 2.45) is 5.73 Å². The number of primary amides is 1. The molecule has 1 fully saturated rings. The average Bonchev–Trinajstić information content (AvgIpc) is 2.91. The first-order chi connectivity index (χ1) is 9.20. The molecule has 1 aromatic rings. The highest BCUT2D eigenvalue weighted by Gasteiger charge is 2.18. The van der Waals surface area contributed by atoms with Crippen LogP contribution in [0.2, 0.25) is 0 Å². The summed E-state index contributed by atoms with van der Waals surface area (Å²) in [5, 5.41) is 11.5. The number of aromatic nitrogens is 2. The Morgan fingerprint density at radius 1 is 1.53 bits per heavy atom. The number of nitrogens with zero attached hydrogens (tertiary/aromatic N) is 3. The fourth-order valence-electron chi connectivity index (χ4n) is 2.37. The molecule has 1 amide bonds. The Hall–Kier alpha value is -1.69. The van der Waals surface area contributed by atoms with Gasteiger partial charge in [-0.15, -0.1) is 10.2 Å². The molecule has 2 rings (SSSR count). The predicted molar refractivity (Wildman–Crippen MR) is 74.1 cm³/mol. The number of carbonyl (C=O) groups is 1. The minimum absolute atomic E-state index is 0.208. The van der Waals surface area contributed by atoms with E-state index in [1.807, 2.05) is 6.07 Å². The van der Waals surface area contributed by atoms with Gasteiger partial charge in [-0.05, 0) is 37.9 Å². The summed E-state index contributed by atoms with van der Waals surface area (Å²) in [6.45, 7) is 5.10. The normalized spacial score (nSPS) is 18.5. The van der Waals surface area contributed by atoms with Crippen LogP contribution in [0.15, 0.2) is 12.1 Å². The van der Waals surface area contributed by atoms with Crippen LogP contribution in [0.3, 0.4) is 0 Å². The van der Waals surface area contributed by atoms with E-state index in [0.29, 0.717) is 6.04 Å². The molecule has 0 radical (unpaired) electrons. The van der Waals surface area contributed by atoms with Crippen molar-refractivity contribution >= 4 is 11.7 Å². The van der Waals surface area contributed by atoms with Crippen molar-refractivity contribution in [2.75, 3.05) is 24.5 Å². The van der Waals surface area contributed by atoms with E-state index >= 15 is 0 Å². The van der Waals surface area contributed by atoms with Crippen molar-refractivity contribution in [1.29, 1.82) is 0 Å². The number of amides is 1. The molecule has 6 nitrogen and oxygen atoms in total. The molecule has 1 aromatic heterocycles. The van der Waals surface area contributed by atoms with E-state index in [4.69, 9.17) is 5.73 Å². The SMILES string of the molecule is CCCN(CC1CCCN1)c1ccc(C(N)=O)nn1. The van der Waals surface area contributed by atoms with Crippen LogP contribution in [-0.4, -0.2) is 41.8 Å². The van der Waals surface area contributed by atoms with Crippen molar-refractivity contribution in [1.82, 2.24) is 15.5 Å². The van der Waals surface area contributed by atoms with Gasteiger partial charge in [0.25, 0.3) is 5.91 Å². The average molecular weight is 263 g/mol. The number of nitrogens with one attached hydrogen (secondary N) is 1. The lowest BCUT2D eigenvalue weighted by Gasteiger charge is -2.26. The van der Waals surface area contributed by atoms with E-state index in [1.165, 1.54) is 12.8 Å². The summed E-state index contributed by atoms with van der Waals surface area (Å²) in [5.74, 6) is 0.263. The van der Waals surface area contributed by atoms with Gasteiger partial charge < -0.3 is 16.0 Å². The summed E-state index contributed by atoms with van der Waals surface area (Å²) in [6.07, 6.45) is 3.48. The monoisotopic (exact) mass is 263 g/mol. The fourth-order valence-corrected chi connectivity index (χ4v) is 2.37. The Labute approximate surface area is 113 Å². The van der Waals surface area contributed by atoms with Gasteiger partial charge in [0, 0.05) is 19.1 Å². The molecule has 0 saturated carbocycles. The Morgan fingerprint density at radius 3 is 2.89 bits per heavy atom. The van der Waals surface area contributed by atoms with Crippen LogP contribution in [0, 0.1) is 0 Å². The molecule has 3 N–H and O–H groups in total. The first-order valence-electron chi connectivity index (χ1n) is 6.82. The molecule has 2 heterocycles. The van der Waals surface area contributed by atoms with Crippen molar-refractivity contribution < 1.29 is 4.79 Å². The Morgan fingerprint density at radius 2 is 2.37 bits per heavy atom. The molecule has 0 bridgehead atoms. The van der Waals surface area contributed by atoms with Crippen LogP contribution in [0.4, 0.5) is 5.82 Å². The molecule has 104 valence electrons. The number of nitrogens with two attached hydrogens (primary N) is 1. The van der Waals surface area contributed by atoms with Crippen molar-refractivity contribution in [3.8, 4) is 0 Å². The summed E-state index contributed by atoms with van der Waals surface area (Å²) in [4.78, 5) is 13.2. The molecule has 1 saturated heterocycles. The number of anilines is 1. The third-order valence-corrected chi connectivity index (χ3v) is 3.32. The van der Waals surface area contributed by atoms with Gasteiger partial charge in [0.05, 0.1) is 0 Å². The molecule has 1 aliphatic heterocycles. The van der Waals surface area contributed by atoms with Gasteiger partial charge >= 0.3 is 0 Å². The summed E-state index contributed by atoms with van der Waals surface area (Å²) < 4.78 is 0. The van der Waals surface area contributed by atoms with E-state index in [0.717, 1.165) is 31.9 Å². The predicted octanol–water partition coefficient (Wildman–Crippen LogP) is 0.544. The number of rotatable bonds is 6. The highest BCUT2D eigenvalue weighted by Crippen LogP contribution is 2.14. The van der Waals surface area contributed by atoms with Crippen LogP contribution in [-0.2, 0) is 0 Å². The first kappa shape index (κ1) is 13.7. The smallest absolute Gasteiger partial charge is 0.269 e. The third kappa shape index (κ3) is 3.64. The lowest BCUT2D eigenvalue weighted by molar-refractivity contribution is 0.0994. The van der Waals surface area contributed by atoms with Gasteiger partial charge in [0.2, 0.25) is 0 Å². The van der Waals surface area contributed by atoms with Crippen LogP contribution in [0.25, 0.3) is 0 Å². The molecule has 19 heavy (non-hydrogen) atoms. The minimum atomic E-state index is -0.543. The fraction of sp³-hybridized carbons (Fsp3) is 0.615. The first-order valence-corrected chi connectivity index (χ1v) is 6.82. The number of hydrogen-bond donors (Lipinski definition) is 2. The molecule has 0 aliphatic carbocycles. The molecule has 0 aromatic carbocycles. The van der Waals surface area contributed by atoms with Crippen molar-refractivity contribution in [3.63, 3.8) is 0 Å². The van der Waals surface area contributed by atoms with Gasteiger partial charge in [-0.25, -0.2) is 0 Å². The standard InChI is InChI=1S/C13H21N5O/c1-2-8-18(9-10-4-3-7-15-10)12-6-5-11(13(14)19)16-17-12/h5-6,10,15H,2-4,7-9H2,1H3,(H2,14,19). The van der Waals surface area contributed by atoms with Gasteiger partial charge in [-0.3, -0.25) is 4.79 Å². The van der Waals surface area contributed by atoms with E-state index in [2.05, 4.69) is 27.3 Å². The largest absolute Gasteiger partial charge is 0.364 e. The molecule has 1 aliphatic rings. The molecule has 1 unspecified atom stereocenters. The maximum Gasteiger partial charge on any atom is 0.269 e. The van der Waals surface area contributed by atoms with Crippen molar-refractivity contribution in [3.05, 3.63) is 17.8 Å². The zero-order chi connectivity index (χ0) is 13.7. The molecular formula is C13H21N5O. The van der Waals surface area contributed by atoms with E-state index < -0.39 is 5.91 Å². The summed E-state index contributed by atoms with van der Waals surface area (Å²) in [7, 11) is 0. The van der Waals surface area contributed by atoms with Gasteiger partial charge in [0.1, 0.15) is 0 Å². The lowest BCUT2D eigenvalue weighted by atomic mass is 10.2. The Balaban J connectivity index is 2.06. The van der Waals surface area contributed by atoms with Crippen LogP contribution < -0.4 is 16.0 Å². The Bertz CT molecular complexity index is 414. The minimum Gasteiger partial charge on any atom is -0.364 e. The highest BCUT2D eigenvalue weighted by atomic mass is 16.1. The number of carbonyl (C=O) groups excluding carboxylic acids is 1. The van der Waals surface area contributed by atoms with E-state index in [9.17, 15) is 4.79 Å². The second kappa shape index (κ2) is 6.47. The quantitative estimate of drug-likeness (QED) is 0.782. The van der Waals surface area contributed by atoms with Gasteiger partial charge in [0.15, 0.2) is 11.5 Å². The third-order valence-electron chi connectivity index (χ3n) is 3.32. The lowest BCUT2D eigenvalue weighted by Crippen LogP contribution is -2.38. The van der Waals surface area contributed by atoms with Crippen LogP contribution in [0.5, 0.6) is 0 Å². The second-order valence-corrected chi connectivity index (χ2v) is 4.88. The molecular weight excluding hydrogens is 242 g/mol. The zero-order valence-electron chi connectivity index (χ0n) is 11.3. The second-order valence-electron chi connectivity index (χ2n) is 4.88. The molecule has 6 heteroatoms. The van der Waals surface area contributed by atoms with Gasteiger partial charge in [-0.1, -0.05) is 6.92 Å². The molecule has 0 spiro atoms. The topological polar surface area (TPSA) is 84.1 Å². The summed E-state index contributed by atoms with van der Waals surface area (Å²) in [6, 6.07) is 3.97. The maximum absolute atomic E-state index is 11.0. The van der Waals surface area contributed by atoms with E-state index in [1.54, 1.807) is 6.07 Å². The van der Waals surface area contributed by atoms with E-state index in [-0.39, 0.29) is 5.69 Å². The highest BCUT2D eigenvalue weighted by molar-refractivity contribution is 5.90. The Kier molecular flexibility index (Phi) is 4.68. The summed E-state index contributed by atoms with van der Waals surface area (Å²) >= 11 is 0. The zero-order valence-corrected chi connectivity index (χ0v) is 11.3.